The van der Waals surface area contributed by atoms with Gasteiger partial charge in [-0.1, -0.05) is 64.8 Å². The van der Waals surface area contributed by atoms with Crippen LogP contribution in [0.2, 0.25) is 5.02 Å². The minimum atomic E-state index is -0.266. The number of halogens is 1. The van der Waals surface area contributed by atoms with Gasteiger partial charge in [-0.15, -0.1) is 0 Å². The minimum Gasteiger partial charge on any atom is -0.489 e. The van der Waals surface area contributed by atoms with Crippen molar-refractivity contribution in [2.24, 2.45) is 0 Å². The normalized spacial score (nSPS) is 11.8. The van der Waals surface area contributed by atoms with E-state index < -0.39 is 0 Å². The van der Waals surface area contributed by atoms with Gasteiger partial charge >= 0.3 is 0 Å². The molecule has 1 amide bonds. The number of nitrogens with one attached hydrogen (secondary N) is 1. The van der Waals surface area contributed by atoms with Gasteiger partial charge in [0.2, 0.25) is 5.91 Å². The molecule has 1 atom stereocenters. The van der Waals surface area contributed by atoms with Crippen molar-refractivity contribution < 1.29 is 14.1 Å². The summed E-state index contributed by atoms with van der Waals surface area (Å²) in [5, 5.41) is 7.83. The van der Waals surface area contributed by atoms with E-state index >= 15 is 0 Å². The van der Waals surface area contributed by atoms with E-state index in [1.54, 1.807) is 0 Å². The molecule has 0 bridgehead atoms. The highest BCUT2D eigenvalue weighted by Crippen LogP contribution is 2.27. The fourth-order valence-electron chi connectivity index (χ4n) is 4.11. The largest absolute Gasteiger partial charge is 0.489 e. The summed E-state index contributed by atoms with van der Waals surface area (Å²) in [7, 11) is 0. The minimum absolute atomic E-state index is 0.0608. The van der Waals surface area contributed by atoms with Crippen LogP contribution in [-0.2, 0) is 17.8 Å². The lowest BCUT2D eigenvalue weighted by Gasteiger charge is -2.22. The SMILES string of the molecule is Cc1ccc(C(NC(=O)Cc2ccc(OCc3c(C)noc3C)cc2)c2ccc(Cl)cc2)c(C)c1. The third-order valence-corrected chi connectivity index (χ3v) is 6.35. The van der Waals surface area contributed by atoms with Gasteiger partial charge < -0.3 is 14.6 Å². The summed E-state index contributed by atoms with van der Waals surface area (Å²) >= 11 is 6.10. The first-order chi connectivity index (χ1) is 16.8. The molecule has 1 aromatic heterocycles. The number of rotatable bonds is 8. The van der Waals surface area contributed by atoms with Crippen LogP contribution < -0.4 is 10.1 Å². The molecule has 4 rings (SSSR count). The van der Waals surface area contributed by atoms with Gasteiger partial charge in [-0.3, -0.25) is 4.79 Å². The Morgan fingerprint density at radius 3 is 2.34 bits per heavy atom. The number of nitrogens with zero attached hydrogens (tertiary/aromatic N) is 1. The zero-order chi connectivity index (χ0) is 24.9. The second-order valence-electron chi connectivity index (χ2n) is 8.82. The average molecular weight is 489 g/mol. The van der Waals surface area contributed by atoms with E-state index in [9.17, 15) is 4.79 Å². The Kier molecular flexibility index (Phi) is 7.57. The van der Waals surface area contributed by atoms with E-state index in [-0.39, 0.29) is 18.4 Å². The van der Waals surface area contributed by atoms with Gasteiger partial charge in [-0.2, -0.15) is 0 Å². The van der Waals surface area contributed by atoms with Crippen molar-refractivity contribution >= 4 is 17.5 Å². The Hall–Kier alpha value is -3.57. The molecule has 0 aliphatic rings. The van der Waals surface area contributed by atoms with Crippen LogP contribution in [0.5, 0.6) is 5.75 Å². The second-order valence-corrected chi connectivity index (χ2v) is 9.26. The van der Waals surface area contributed by atoms with Crippen molar-refractivity contribution in [2.75, 3.05) is 0 Å². The van der Waals surface area contributed by atoms with E-state index in [2.05, 4.69) is 42.5 Å². The molecule has 0 aliphatic carbocycles. The number of aryl methyl sites for hydroxylation is 4. The topological polar surface area (TPSA) is 64.4 Å². The van der Waals surface area contributed by atoms with Gasteiger partial charge in [-0.05, 0) is 74.2 Å². The first-order valence-electron chi connectivity index (χ1n) is 11.6. The molecule has 35 heavy (non-hydrogen) atoms. The van der Waals surface area contributed by atoms with Crippen LogP contribution in [0.25, 0.3) is 0 Å². The Balaban J connectivity index is 1.45. The van der Waals surface area contributed by atoms with Gasteiger partial charge in [0.15, 0.2) is 0 Å². The van der Waals surface area contributed by atoms with Crippen LogP contribution in [0, 0.1) is 27.7 Å². The number of hydrogen-bond acceptors (Lipinski definition) is 4. The van der Waals surface area contributed by atoms with Crippen LogP contribution in [0.3, 0.4) is 0 Å². The summed E-state index contributed by atoms with van der Waals surface area (Å²) in [5.74, 6) is 1.42. The molecule has 1 N–H and O–H groups in total. The Labute approximate surface area is 211 Å². The fourth-order valence-corrected chi connectivity index (χ4v) is 4.24. The van der Waals surface area contributed by atoms with Crippen molar-refractivity contribution in [2.45, 2.75) is 46.8 Å². The van der Waals surface area contributed by atoms with E-state index in [1.165, 1.54) is 5.56 Å². The van der Waals surface area contributed by atoms with Gasteiger partial charge in [0.25, 0.3) is 0 Å². The molecule has 0 fully saturated rings. The molecule has 4 aromatic rings. The highest BCUT2D eigenvalue weighted by atomic mass is 35.5. The molecule has 0 aliphatic heterocycles. The summed E-state index contributed by atoms with van der Waals surface area (Å²) in [6, 6.07) is 21.2. The predicted molar refractivity (Wildman–Crippen MR) is 138 cm³/mol. The van der Waals surface area contributed by atoms with Crippen molar-refractivity contribution in [3.8, 4) is 5.75 Å². The molecule has 5 nitrogen and oxygen atoms in total. The first kappa shape index (κ1) is 24.6. The summed E-state index contributed by atoms with van der Waals surface area (Å²) in [4.78, 5) is 13.1. The van der Waals surface area contributed by atoms with Crippen molar-refractivity contribution in [1.82, 2.24) is 10.5 Å². The zero-order valence-corrected chi connectivity index (χ0v) is 21.1. The lowest BCUT2D eigenvalue weighted by atomic mass is 9.93. The molecule has 6 heteroatoms. The lowest BCUT2D eigenvalue weighted by Crippen LogP contribution is -2.31. The summed E-state index contributed by atoms with van der Waals surface area (Å²) < 4.78 is 11.1. The number of aromatic nitrogens is 1. The molecule has 0 radical (unpaired) electrons. The van der Waals surface area contributed by atoms with Gasteiger partial charge in [0, 0.05) is 5.02 Å². The second kappa shape index (κ2) is 10.8. The summed E-state index contributed by atoms with van der Waals surface area (Å²) in [6.07, 6.45) is 0.263. The van der Waals surface area contributed by atoms with E-state index in [1.807, 2.05) is 62.4 Å². The standard InChI is InChI=1S/C29H29ClN2O3/c1-18-5-14-26(19(2)15-18)29(23-8-10-24(30)11-9-23)31-28(33)16-22-6-12-25(13-7-22)34-17-27-20(3)32-35-21(27)4/h5-15,29H,16-17H2,1-4H3,(H,31,33). The quantitative estimate of drug-likeness (QED) is 0.304. The molecule has 0 saturated heterocycles. The number of hydrogen-bond donors (Lipinski definition) is 1. The number of amides is 1. The van der Waals surface area contributed by atoms with Gasteiger partial charge in [0.1, 0.15) is 18.1 Å². The van der Waals surface area contributed by atoms with E-state index in [4.69, 9.17) is 20.9 Å². The smallest absolute Gasteiger partial charge is 0.225 e. The van der Waals surface area contributed by atoms with Crippen molar-refractivity contribution in [3.05, 3.63) is 117 Å². The van der Waals surface area contributed by atoms with Crippen LogP contribution >= 0.6 is 11.6 Å². The third kappa shape index (κ3) is 6.11. The Bertz CT molecular complexity index is 1290. The van der Waals surface area contributed by atoms with Gasteiger partial charge in [0.05, 0.1) is 23.7 Å². The highest BCUT2D eigenvalue weighted by Gasteiger charge is 2.19. The lowest BCUT2D eigenvalue weighted by molar-refractivity contribution is -0.120. The number of carbonyl (C=O) groups is 1. The maximum atomic E-state index is 13.1. The molecule has 3 aromatic carbocycles. The summed E-state index contributed by atoms with van der Waals surface area (Å²) in [6.45, 7) is 8.29. The van der Waals surface area contributed by atoms with E-state index in [0.717, 1.165) is 45.0 Å². The third-order valence-electron chi connectivity index (χ3n) is 6.10. The van der Waals surface area contributed by atoms with Crippen molar-refractivity contribution in [1.29, 1.82) is 0 Å². The number of benzene rings is 3. The predicted octanol–water partition coefficient (Wildman–Crippen LogP) is 6.59. The maximum absolute atomic E-state index is 13.1. The molecule has 0 spiro atoms. The van der Waals surface area contributed by atoms with Crippen molar-refractivity contribution in [3.63, 3.8) is 0 Å². The van der Waals surface area contributed by atoms with Crippen LogP contribution in [0.15, 0.2) is 71.3 Å². The van der Waals surface area contributed by atoms with Crippen LogP contribution in [0.1, 0.15) is 50.9 Å². The number of ether oxygens (including phenoxy) is 1. The molecular weight excluding hydrogens is 460 g/mol. The molecule has 0 saturated carbocycles. The molecule has 1 heterocycles. The van der Waals surface area contributed by atoms with E-state index in [0.29, 0.717) is 11.6 Å². The monoisotopic (exact) mass is 488 g/mol. The number of carbonyl (C=O) groups excluding carboxylic acids is 1. The Morgan fingerprint density at radius 2 is 1.71 bits per heavy atom. The molecular formula is C29H29ClN2O3. The fraction of sp³-hybridized carbons (Fsp3) is 0.241. The van der Waals surface area contributed by atoms with Crippen LogP contribution in [0.4, 0.5) is 0 Å². The zero-order valence-electron chi connectivity index (χ0n) is 20.4. The highest BCUT2D eigenvalue weighted by molar-refractivity contribution is 6.30. The van der Waals surface area contributed by atoms with Gasteiger partial charge in [-0.25, -0.2) is 0 Å². The Morgan fingerprint density at radius 1 is 1.00 bits per heavy atom. The molecule has 1 unspecified atom stereocenters. The maximum Gasteiger partial charge on any atom is 0.225 e. The van der Waals surface area contributed by atoms with Crippen LogP contribution in [-0.4, -0.2) is 11.1 Å². The first-order valence-corrected chi connectivity index (χ1v) is 11.9. The average Bonchev–Trinajstić information content (AvgIpc) is 3.15. The molecule has 180 valence electrons. The summed E-state index contributed by atoms with van der Waals surface area (Å²) in [5.41, 5.74) is 7.05.